The van der Waals surface area contributed by atoms with Crippen LogP contribution in [0.25, 0.3) is 5.65 Å². The molecule has 1 aliphatic heterocycles. The van der Waals surface area contributed by atoms with Gasteiger partial charge in [0.15, 0.2) is 5.65 Å². The summed E-state index contributed by atoms with van der Waals surface area (Å²) in [6.45, 7) is 0.897. The first kappa shape index (κ1) is 14.0. The summed E-state index contributed by atoms with van der Waals surface area (Å²) in [5.41, 5.74) is 7.63. The van der Waals surface area contributed by atoms with Crippen molar-refractivity contribution >= 4 is 17.3 Å². The number of hydrogen-bond donors (Lipinski definition) is 1. The minimum absolute atomic E-state index is 0.133. The topological polar surface area (TPSA) is 59.5 Å². The number of aromatic nitrogens is 3. The van der Waals surface area contributed by atoms with E-state index in [9.17, 15) is 4.39 Å². The van der Waals surface area contributed by atoms with Crippen LogP contribution in [0.15, 0.2) is 42.6 Å². The van der Waals surface area contributed by atoms with E-state index in [4.69, 9.17) is 5.73 Å². The number of nitrogen functional groups attached to an aromatic ring is 1. The van der Waals surface area contributed by atoms with Gasteiger partial charge in [0, 0.05) is 6.54 Å². The van der Waals surface area contributed by atoms with Crippen LogP contribution in [0.5, 0.6) is 0 Å². The zero-order chi connectivity index (χ0) is 15.8. The minimum atomic E-state index is -0.199. The van der Waals surface area contributed by atoms with Crippen molar-refractivity contribution in [3.63, 3.8) is 0 Å². The van der Waals surface area contributed by atoms with Gasteiger partial charge in [-0.3, -0.25) is 0 Å². The number of halogens is 1. The van der Waals surface area contributed by atoms with Crippen molar-refractivity contribution in [3.05, 3.63) is 54.0 Å². The summed E-state index contributed by atoms with van der Waals surface area (Å²) in [7, 11) is 0. The molecule has 6 heteroatoms. The van der Waals surface area contributed by atoms with Crippen LogP contribution in [0.4, 0.5) is 16.0 Å². The lowest BCUT2D eigenvalue weighted by Crippen LogP contribution is -2.34. The van der Waals surface area contributed by atoms with Gasteiger partial charge in [-0.15, -0.1) is 5.10 Å². The Morgan fingerprint density at radius 1 is 1.17 bits per heavy atom. The predicted molar refractivity (Wildman–Crippen MR) is 87.7 cm³/mol. The van der Waals surface area contributed by atoms with E-state index < -0.39 is 0 Å². The minimum Gasteiger partial charge on any atom is -0.382 e. The fraction of sp³-hybridized carbons (Fsp3) is 0.294. The molecule has 1 aliphatic rings. The summed E-state index contributed by atoms with van der Waals surface area (Å²) in [5.74, 6) is 1.16. The maximum atomic E-state index is 13.6. The van der Waals surface area contributed by atoms with Gasteiger partial charge in [0.1, 0.15) is 17.5 Å². The maximum Gasteiger partial charge on any atom is 0.156 e. The van der Waals surface area contributed by atoms with Crippen LogP contribution in [0, 0.1) is 5.82 Å². The average molecular weight is 311 g/mol. The van der Waals surface area contributed by atoms with E-state index >= 15 is 0 Å². The van der Waals surface area contributed by atoms with Crippen molar-refractivity contribution in [2.75, 3.05) is 17.2 Å². The van der Waals surface area contributed by atoms with Crippen LogP contribution in [0.1, 0.15) is 30.9 Å². The Morgan fingerprint density at radius 3 is 2.96 bits per heavy atom. The molecule has 23 heavy (non-hydrogen) atoms. The van der Waals surface area contributed by atoms with E-state index in [1.54, 1.807) is 22.8 Å². The molecule has 0 aliphatic carbocycles. The molecule has 1 aromatic carbocycles. The molecule has 5 nitrogen and oxygen atoms in total. The molecule has 2 N–H and O–H groups in total. The first-order valence-electron chi connectivity index (χ1n) is 7.85. The molecule has 0 spiro atoms. The molecule has 0 amide bonds. The van der Waals surface area contributed by atoms with E-state index in [0.717, 1.165) is 42.8 Å². The molecule has 3 aromatic rings. The SMILES string of the molecule is Nc1cnc2ccc(N3CCCCC3c3cccc(F)c3)nn12. The quantitative estimate of drug-likeness (QED) is 0.789. The van der Waals surface area contributed by atoms with Crippen molar-refractivity contribution < 1.29 is 4.39 Å². The van der Waals surface area contributed by atoms with Gasteiger partial charge in [0.25, 0.3) is 0 Å². The Kier molecular flexibility index (Phi) is 3.37. The van der Waals surface area contributed by atoms with E-state index in [0.29, 0.717) is 5.82 Å². The maximum absolute atomic E-state index is 13.6. The standard InChI is InChI=1S/C17H18FN5/c18-13-5-3-4-12(10-13)14-6-1-2-9-22(14)17-8-7-16-20-11-15(19)23(16)21-17/h3-5,7-8,10-11,14H,1-2,6,9,19H2. The normalized spacial score (nSPS) is 18.5. The van der Waals surface area contributed by atoms with Gasteiger partial charge in [-0.05, 0) is 49.1 Å². The van der Waals surface area contributed by atoms with Crippen LogP contribution in [0.2, 0.25) is 0 Å². The van der Waals surface area contributed by atoms with Gasteiger partial charge in [-0.1, -0.05) is 12.1 Å². The number of fused-ring (bicyclic) bond motifs is 1. The van der Waals surface area contributed by atoms with Crippen LogP contribution in [-0.4, -0.2) is 21.1 Å². The molecule has 1 saturated heterocycles. The third kappa shape index (κ3) is 2.50. The van der Waals surface area contributed by atoms with Gasteiger partial charge in [0.2, 0.25) is 0 Å². The second kappa shape index (κ2) is 5.53. The lowest BCUT2D eigenvalue weighted by Gasteiger charge is -2.37. The van der Waals surface area contributed by atoms with Gasteiger partial charge in [-0.25, -0.2) is 9.37 Å². The Labute approximate surface area is 133 Å². The summed E-state index contributed by atoms with van der Waals surface area (Å²) in [6, 6.07) is 10.8. The Morgan fingerprint density at radius 2 is 2.09 bits per heavy atom. The summed E-state index contributed by atoms with van der Waals surface area (Å²) in [4.78, 5) is 6.43. The molecule has 1 atom stereocenters. The first-order valence-corrected chi connectivity index (χ1v) is 7.85. The fourth-order valence-corrected chi connectivity index (χ4v) is 3.30. The molecule has 118 valence electrons. The number of piperidine rings is 1. The number of hydrogen-bond acceptors (Lipinski definition) is 4. The highest BCUT2D eigenvalue weighted by Gasteiger charge is 2.25. The molecule has 0 saturated carbocycles. The number of nitrogens with zero attached hydrogens (tertiary/aromatic N) is 4. The molecule has 0 radical (unpaired) electrons. The number of benzene rings is 1. The number of nitrogens with two attached hydrogens (primary N) is 1. The molecule has 3 heterocycles. The zero-order valence-corrected chi connectivity index (χ0v) is 12.7. The van der Waals surface area contributed by atoms with Crippen LogP contribution >= 0.6 is 0 Å². The van der Waals surface area contributed by atoms with Crippen LogP contribution in [-0.2, 0) is 0 Å². The van der Waals surface area contributed by atoms with Crippen molar-refractivity contribution in [2.45, 2.75) is 25.3 Å². The molecule has 0 bridgehead atoms. The van der Waals surface area contributed by atoms with Gasteiger partial charge in [-0.2, -0.15) is 4.52 Å². The Hall–Kier alpha value is -2.63. The van der Waals surface area contributed by atoms with E-state index in [1.165, 1.54) is 6.07 Å². The lowest BCUT2D eigenvalue weighted by molar-refractivity contribution is 0.465. The first-order chi connectivity index (χ1) is 11.2. The highest BCUT2D eigenvalue weighted by atomic mass is 19.1. The van der Waals surface area contributed by atoms with E-state index in [2.05, 4.69) is 15.0 Å². The predicted octanol–water partition coefficient (Wildman–Crippen LogP) is 3.18. The zero-order valence-electron chi connectivity index (χ0n) is 12.7. The molecule has 2 aromatic heterocycles. The Bertz CT molecular complexity index is 844. The molecule has 1 fully saturated rings. The van der Waals surface area contributed by atoms with Crippen molar-refractivity contribution in [1.29, 1.82) is 0 Å². The van der Waals surface area contributed by atoms with Crippen molar-refractivity contribution in [2.24, 2.45) is 0 Å². The van der Waals surface area contributed by atoms with Crippen LogP contribution in [0.3, 0.4) is 0 Å². The molecule has 4 rings (SSSR count). The monoisotopic (exact) mass is 311 g/mol. The van der Waals surface area contributed by atoms with Crippen LogP contribution < -0.4 is 10.6 Å². The Balaban J connectivity index is 1.75. The second-order valence-electron chi connectivity index (χ2n) is 5.90. The highest BCUT2D eigenvalue weighted by molar-refractivity contribution is 5.52. The average Bonchev–Trinajstić information content (AvgIpc) is 2.95. The fourth-order valence-electron chi connectivity index (χ4n) is 3.30. The van der Waals surface area contributed by atoms with E-state index in [-0.39, 0.29) is 11.9 Å². The van der Waals surface area contributed by atoms with Gasteiger partial charge >= 0.3 is 0 Å². The number of anilines is 2. The summed E-state index contributed by atoms with van der Waals surface area (Å²) in [5, 5.41) is 4.62. The number of rotatable bonds is 2. The van der Waals surface area contributed by atoms with Crippen molar-refractivity contribution in [3.8, 4) is 0 Å². The smallest absolute Gasteiger partial charge is 0.156 e. The number of imidazole rings is 1. The van der Waals surface area contributed by atoms with Gasteiger partial charge in [0.05, 0.1) is 12.2 Å². The van der Waals surface area contributed by atoms with Crippen molar-refractivity contribution in [1.82, 2.24) is 14.6 Å². The third-order valence-electron chi connectivity index (χ3n) is 4.41. The third-order valence-corrected chi connectivity index (χ3v) is 4.41. The summed E-state index contributed by atoms with van der Waals surface area (Å²) >= 11 is 0. The molecule has 1 unspecified atom stereocenters. The molecular formula is C17H18FN5. The summed E-state index contributed by atoms with van der Waals surface area (Å²) in [6.07, 6.45) is 4.83. The highest BCUT2D eigenvalue weighted by Crippen LogP contribution is 2.34. The molecular weight excluding hydrogens is 293 g/mol. The van der Waals surface area contributed by atoms with E-state index in [1.807, 2.05) is 18.2 Å². The van der Waals surface area contributed by atoms with Gasteiger partial charge < -0.3 is 10.6 Å². The largest absolute Gasteiger partial charge is 0.382 e. The summed E-state index contributed by atoms with van der Waals surface area (Å²) < 4.78 is 15.3. The second-order valence-corrected chi connectivity index (χ2v) is 5.90. The lowest BCUT2D eigenvalue weighted by atomic mass is 9.95.